The molecule has 2 aromatic rings. The Bertz CT molecular complexity index is 1330. The predicted octanol–water partition coefficient (Wildman–Crippen LogP) is 0.902. The van der Waals surface area contributed by atoms with Crippen molar-refractivity contribution in [2.45, 2.75) is 57.0 Å². The van der Waals surface area contributed by atoms with Gasteiger partial charge in [0.2, 0.25) is 0 Å². The number of hydrogen-bond donors (Lipinski definition) is 2. The van der Waals surface area contributed by atoms with Gasteiger partial charge < -0.3 is 4.74 Å². The van der Waals surface area contributed by atoms with Crippen LogP contribution in [0.2, 0.25) is 0 Å². The van der Waals surface area contributed by atoms with Gasteiger partial charge in [0.25, 0.3) is 5.91 Å². The molecular weight excluding hydrogens is 653 g/mol. The number of nitrogens with one attached hydrogen (secondary N) is 1. The summed E-state index contributed by atoms with van der Waals surface area (Å²) in [6, 6.07) is 13.1. The standard InChI is InChI=1S/C28H33INO7S2/c31-26(30-32)27(10-13-35-14-11-27)39(33,34)23-6-4-22(5-7-23)36-12-1-15-38-28-9-8-21(28)16-20-3-2-19(24-18-29-24)17-25(20)37-28/h2-7,17,21,24,32H,1,8-16,18H2,(H,30,31)/q-1. The van der Waals surface area contributed by atoms with E-state index in [4.69, 9.17) is 14.2 Å². The Morgan fingerprint density at radius 1 is 1.15 bits per heavy atom. The first-order valence-electron chi connectivity index (χ1n) is 13.4. The zero-order chi connectivity index (χ0) is 27.1. The van der Waals surface area contributed by atoms with E-state index in [2.05, 4.69) is 18.2 Å². The summed E-state index contributed by atoms with van der Waals surface area (Å²) >= 11 is 2.28. The van der Waals surface area contributed by atoms with Crippen LogP contribution in [0.15, 0.2) is 47.4 Å². The van der Waals surface area contributed by atoms with E-state index in [0.717, 1.165) is 34.7 Å². The van der Waals surface area contributed by atoms with Gasteiger partial charge in [0.1, 0.15) is 0 Å². The Hall–Kier alpha value is -1.54. The minimum absolute atomic E-state index is 0.0157. The Morgan fingerprint density at radius 2 is 1.92 bits per heavy atom. The van der Waals surface area contributed by atoms with Gasteiger partial charge in [-0.15, -0.1) is 0 Å². The smallest absolute Gasteiger partial charge is 0.0486 e. The van der Waals surface area contributed by atoms with E-state index in [-0.39, 0.29) is 35.9 Å². The van der Waals surface area contributed by atoms with Gasteiger partial charge in [-0.3, -0.25) is 10.0 Å². The fourth-order valence-corrected chi connectivity index (χ4v) is 10.8. The number of benzene rings is 2. The van der Waals surface area contributed by atoms with Gasteiger partial charge in [-0.1, -0.05) is 0 Å². The molecule has 0 aromatic heterocycles. The van der Waals surface area contributed by atoms with E-state index in [0.29, 0.717) is 39.5 Å². The molecular formula is C28H33INO7S2-. The van der Waals surface area contributed by atoms with E-state index >= 15 is 0 Å². The number of hydroxylamine groups is 1. The molecule has 1 aliphatic carbocycles. The number of hydrogen-bond acceptors (Lipinski definition) is 8. The third kappa shape index (κ3) is 5.18. The molecule has 2 aromatic carbocycles. The number of amides is 1. The third-order valence-electron chi connectivity index (χ3n) is 8.34. The summed E-state index contributed by atoms with van der Waals surface area (Å²) in [6.45, 7) is 0.780. The first kappa shape index (κ1) is 27.6. The number of thioether (sulfide) groups is 1. The van der Waals surface area contributed by atoms with Crippen molar-refractivity contribution < 1.29 is 53.8 Å². The van der Waals surface area contributed by atoms with Crippen LogP contribution in [0.25, 0.3) is 0 Å². The molecule has 2 N–H and O–H groups in total. The third-order valence-corrected chi connectivity index (χ3v) is 14.9. The molecule has 2 saturated heterocycles. The Morgan fingerprint density at radius 3 is 2.59 bits per heavy atom. The molecule has 3 heterocycles. The Kier molecular flexibility index (Phi) is 7.81. The van der Waals surface area contributed by atoms with Crippen LogP contribution in [0.1, 0.15) is 47.2 Å². The summed E-state index contributed by atoms with van der Waals surface area (Å²) in [4.78, 5) is 12.3. The number of fused-ring (bicyclic) bond motifs is 2. The maximum Gasteiger partial charge on any atom is 0.0486 e. The van der Waals surface area contributed by atoms with Gasteiger partial charge in [0.05, 0.1) is 4.90 Å². The summed E-state index contributed by atoms with van der Waals surface area (Å²) in [6.07, 6.45) is 4.21. The average Bonchev–Trinajstić information content (AvgIpc) is 3.80. The number of ether oxygens (including phenoxy) is 3. The molecule has 3 unspecified atom stereocenters. The molecule has 6 rings (SSSR count). The molecule has 1 amide bonds. The molecule has 0 spiro atoms. The second-order valence-corrected chi connectivity index (χ2v) is 17.5. The van der Waals surface area contributed by atoms with E-state index < -0.39 is 20.5 Å². The van der Waals surface area contributed by atoms with Crippen molar-refractivity contribution >= 4 is 27.5 Å². The van der Waals surface area contributed by atoms with Crippen molar-refractivity contribution in [3.63, 3.8) is 0 Å². The number of alkyl halides is 2. The maximum atomic E-state index is 13.4. The average molecular weight is 687 g/mol. The van der Waals surface area contributed by atoms with Crippen LogP contribution < -0.4 is 36.2 Å². The van der Waals surface area contributed by atoms with Crippen LogP contribution >= 0.6 is 11.8 Å². The fourth-order valence-electron chi connectivity index (χ4n) is 5.75. The van der Waals surface area contributed by atoms with Gasteiger partial charge in [-0.2, -0.15) is 0 Å². The quantitative estimate of drug-likeness (QED) is 0.125. The molecule has 212 valence electrons. The summed E-state index contributed by atoms with van der Waals surface area (Å²) in [5.74, 6) is 2.23. The predicted molar refractivity (Wildman–Crippen MR) is 143 cm³/mol. The molecule has 0 bridgehead atoms. The van der Waals surface area contributed by atoms with E-state index in [9.17, 15) is 18.4 Å². The molecule has 1 saturated carbocycles. The van der Waals surface area contributed by atoms with Crippen LogP contribution in [-0.2, 0) is 25.8 Å². The molecule has 39 heavy (non-hydrogen) atoms. The second kappa shape index (κ2) is 11.0. The second-order valence-electron chi connectivity index (χ2n) is 10.6. The van der Waals surface area contributed by atoms with Crippen LogP contribution in [0.3, 0.4) is 0 Å². The van der Waals surface area contributed by atoms with Gasteiger partial charge in [0.15, 0.2) is 14.6 Å². The van der Waals surface area contributed by atoms with Crippen LogP contribution in [0.5, 0.6) is 11.5 Å². The van der Waals surface area contributed by atoms with Gasteiger partial charge >= 0.3 is 141 Å². The van der Waals surface area contributed by atoms with Gasteiger partial charge in [0, 0.05) is 13.2 Å². The first-order valence-corrected chi connectivity index (χ1v) is 18.6. The van der Waals surface area contributed by atoms with E-state index in [1.165, 1.54) is 34.1 Å². The molecule has 8 nitrogen and oxygen atoms in total. The number of rotatable bonds is 10. The number of halogens is 1. The Balaban J connectivity index is 1.02. The van der Waals surface area contributed by atoms with Crippen LogP contribution in [0, 0.1) is 5.92 Å². The number of carbonyl (C=O) groups excluding carboxylic acids is 1. The molecule has 4 aliphatic rings. The van der Waals surface area contributed by atoms with Crippen molar-refractivity contribution in [3.05, 3.63) is 53.6 Å². The maximum absolute atomic E-state index is 13.4. The summed E-state index contributed by atoms with van der Waals surface area (Å²) < 4.78 is 45.1. The summed E-state index contributed by atoms with van der Waals surface area (Å²) in [5.41, 5.74) is 4.36. The van der Waals surface area contributed by atoms with Crippen molar-refractivity contribution in [3.8, 4) is 11.5 Å². The normalized spacial score (nSPS) is 27.0. The molecule has 3 fully saturated rings. The van der Waals surface area contributed by atoms with E-state index in [1.807, 2.05) is 11.8 Å². The van der Waals surface area contributed by atoms with Crippen LogP contribution in [0.4, 0.5) is 0 Å². The molecule has 0 radical (unpaired) electrons. The van der Waals surface area contributed by atoms with Gasteiger partial charge in [-0.25, -0.2) is 13.9 Å². The van der Waals surface area contributed by atoms with Crippen molar-refractivity contribution in [1.82, 2.24) is 5.48 Å². The number of sulfone groups is 1. The minimum Gasteiger partial charge on any atom is -0.381 e. The summed E-state index contributed by atoms with van der Waals surface area (Å²) in [5, 5.41) is 9.21. The molecule has 11 heteroatoms. The topological polar surface area (TPSA) is 111 Å². The minimum atomic E-state index is -4.05. The largest absolute Gasteiger partial charge is 0.381 e. The van der Waals surface area contributed by atoms with Crippen molar-refractivity contribution in [2.75, 3.05) is 30.0 Å². The zero-order valence-electron chi connectivity index (χ0n) is 21.6. The monoisotopic (exact) mass is 686 g/mol. The first-order chi connectivity index (χ1) is 18.9. The van der Waals surface area contributed by atoms with E-state index in [1.54, 1.807) is 17.6 Å². The molecule has 3 atom stereocenters. The van der Waals surface area contributed by atoms with Crippen molar-refractivity contribution in [2.24, 2.45) is 5.92 Å². The van der Waals surface area contributed by atoms with Crippen LogP contribution in [-0.4, -0.2) is 59.2 Å². The summed E-state index contributed by atoms with van der Waals surface area (Å²) in [7, 11) is -4.05. The fraction of sp³-hybridized carbons (Fsp3) is 0.536. The SMILES string of the molecule is O=C(NO)C1(S(=O)(=O)c2ccc(OCCCSC34CCC3Cc3ccc(C5C[I-]5)cc3O4)cc2)CCOCC1. The van der Waals surface area contributed by atoms with Crippen molar-refractivity contribution in [1.29, 1.82) is 0 Å². The number of carbonyl (C=O) groups is 1. The zero-order valence-corrected chi connectivity index (χ0v) is 25.4. The Labute approximate surface area is 243 Å². The van der Waals surface area contributed by atoms with Gasteiger partial charge in [-0.05, 0) is 37.1 Å². The molecule has 3 aliphatic heterocycles.